The van der Waals surface area contributed by atoms with E-state index < -0.39 is 0 Å². The molecule has 2 heterocycles. The zero-order valence-corrected chi connectivity index (χ0v) is 7.14. The zero-order valence-electron chi connectivity index (χ0n) is 7.14. The highest BCUT2D eigenvalue weighted by atomic mass is 16.3. The average molecular weight is 177 g/mol. The maximum Gasteiger partial charge on any atom is 0.346 e. The first-order valence-electron chi connectivity index (χ1n) is 3.89. The van der Waals surface area contributed by atoms with Gasteiger partial charge in [-0.1, -0.05) is 6.07 Å². The Morgan fingerprint density at radius 1 is 1.46 bits per heavy atom. The standard InChI is InChI=1S/C9H8N2O2/c1-10-7-4-2-3-5-11(7)9(13)6-8(10)12/h2-6H,1H3/p+1. The lowest BCUT2D eigenvalue weighted by Crippen LogP contribution is -2.35. The summed E-state index contributed by atoms with van der Waals surface area (Å²) in [4.78, 5) is 11.3. The number of pyridine rings is 1. The molecule has 2 aromatic rings. The van der Waals surface area contributed by atoms with Crippen LogP contribution in [0.1, 0.15) is 0 Å². The van der Waals surface area contributed by atoms with E-state index in [0.717, 1.165) is 0 Å². The smallest absolute Gasteiger partial charge is 0.346 e. The van der Waals surface area contributed by atoms with E-state index in [-0.39, 0.29) is 11.4 Å². The molecule has 2 aromatic heterocycles. The van der Waals surface area contributed by atoms with Crippen molar-refractivity contribution in [1.29, 1.82) is 0 Å². The first-order chi connectivity index (χ1) is 6.20. The summed E-state index contributed by atoms with van der Waals surface area (Å²) in [5.74, 6) is -0.0313. The minimum absolute atomic E-state index is 0.0313. The Labute approximate surface area is 74.3 Å². The second-order valence-corrected chi connectivity index (χ2v) is 2.83. The van der Waals surface area contributed by atoms with Crippen molar-refractivity contribution in [2.75, 3.05) is 0 Å². The van der Waals surface area contributed by atoms with Crippen molar-refractivity contribution in [1.82, 2.24) is 4.40 Å². The van der Waals surface area contributed by atoms with Gasteiger partial charge in [-0.3, -0.25) is 0 Å². The zero-order chi connectivity index (χ0) is 9.42. The molecule has 0 aliphatic carbocycles. The summed E-state index contributed by atoms with van der Waals surface area (Å²) < 4.78 is 3.01. The Bertz CT molecular complexity index is 516. The fourth-order valence-electron chi connectivity index (χ4n) is 1.29. The Hall–Kier alpha value is -1.84. The molecule has 0 aliphatic heterocycles. The van der Waals surface area contributed by atoms with Crippen LogP contribution in [0.25, 0.3) is 5.65 Å². The van der Waals surface area contributed by atoms with Crippen LogP contribution in [0.15, 0.2) is 35.3 Å². The molecule has 4 nitrogen and oxygen atoms in total. The van der Waals surface area contributed by atoms with Gasteiger partial charge in [0.2, 0.25) is 0 Å². The fourth-order valence-corrected chi connectivity index (χ4v) is 1.29. The van der Waals surface area contributed by atoms with Gasteiger partial charge in [0, 0.05) is 6.07 Å². The van der Waals surface area contributed by atoms with Crippen molar-refractivity contribution >= 4 is 5.65 Å². The first kappa shape index (κ1) is 7.79. The number of fused-ring (bicyclic) bond motifs is 1. The molecule has 0 spiro atoms. The van der Waals surface area contributed by atoms with Gasteiger partial charge in [0.05, 0.1) is 13.2 Å². The molecule has 0 aromatic carbocycles. The van der Waals surface area contributed by atoms with Gasteiger partial charge in [-0.2, -0.15) is 8.97 Å². The molecule has 0 atom stereocenters. The van der Waals surface area contributed by atoms with Crippen LogP contribution in [-0.2, 0) is 7.05 Å². The molecule has 0 bridgehead atoms. The van der Waals surface area contributed by atoms with Crippen molar-refractivity contribution in [2.45, 2.75) is 0 Å². The lowest BCUT2D eigenvalue weighted by molar-refractivity contribution is -0.655. The van der Waals surface area contributed by atoms with E-state index in [2.05, 4.69) is 0 Å². The highest BCUT2D eigenvalue weighted by Gasteiger charge is 2.10. The maximum absolute atomic E-state index is 11.3. The molecule has 0 amide bonds. The average Bonchev–Trinajstić information content (AvgIpc) is 2.15. The fraction of sp³-hybridized carbons (Fsp3) is 0.111. The molecule has 0 unspecified atom stereocenters. The van der Waals surface area contributed by atoms with Crippen molar-refractivity contribution in [3.05, 3.63) is 40.8 Å². The van der Waals surface area contributed by atoms with E-state index in [4.69, 9.17) is 0 Å². The van der Waals surface area contributed by atoms with Gasteiger partial charge >= 0.3 is 5.56 Å². The predicted molar refractivity (Wildman–Crippen MR) is 46.5 cm³/mol. The summed E-state index contributed by atoms with van der Waals surface area (Å²) in [6.45, 7) is 0. The molecule has 0 saturated carbocycles. The molecular formula is C9H9N2O2+. The molecule has 0 saturated heterocycles. The molecule has 1 N–H and O–H groups in total. The Balaban J connectivity index is 3.06. The van der Waals surface area contributed by atoms with Crippen molar-refractivity contribution in [3.8, 4) is 5.88 Å². The van der Waals surface area contributed by atoms with Gasteiger partial charge in [0.25, 0.3) is 11.5 Å². The maximum atomic E-state index is 11.3. The molecule has 2 rings (SSSR count). The molecule has 0 radical (unpaired) electrons. The van der Waals surface area contributed by atoms with E-state index in [1.54, 1.807) is 29.9 Å². The summed E-state index contributed by atoms with van der Waals surface area (Å²) in [6, 6.07) is 6.54. The minimum atomic E-state index is -0.230. The van der Waals surface area contributed by atoms with Crippen LogP contribution in [0.4, 0.5) is 0 Å². The third-order valence-electron chi connectivity index (χ3n) is 2.02. The molecule has 0 aliphatic rings. The highest BCUT2D eigenvalue weighted by Crippen LogP contribution is 1.98. The number of rotatable bonds is 0. The third-order valence-corrected chi connectivity index (χ3v) is 2.02. The molecular weight excluding hydrogens is 168 g/mol. The van der Waals surface area contributed by atoms with E-state index >= 15 is 0 Å². The molecule has 13 heavy (non-hydrogen) atoms. The SMILES string of the molecule is C[n+]1c(O)cc(=O)n2ccccc21. The first-order valence-corrected chi connectivity index (χ1v) is 3.89. The van der Waals surface area contributed by atoms with Gasteiger partial charge in [-0.05, 0) is 6.07 Å². The quantitative estimate of drug-likeness (QED) is 0.568. The van der Waals surface area contributed by atoms with Gasteiger partial charge in [-0.15, -0.1) is 0 Å². The highest BCUT2D eigenvalue weighted by molar-refractivity contribution is 5.31. The minimum Gasteiger partial charge on any atom is -0.478 e. The second-order valence-electron chi connectivity index (χ2n) is 2.83. The largest absolute Gasteiger partial charge is 0.478 e. The van der Waals surface area contributed by atoms with Gasteiger partial charge in [0.1, 0.15) is 6.07 Å². The van der Waals surface area contributed by atoms with Gasteiger partial charge in [-0.25, -0.2) is 4.79 Å². The number of hydrogen-bond acceptors (Lipinski definition) is 2. The topological polar surface area (TPSA) is 45.6 Å². The molecule has 4 heteroatoms. The van der Waals surface area contributed by atoms with Crippen LogP contribution in [0.3, 0.4) is 0 Å². The van der Waals surface area contributed by atoms with E-state index in [9.17, 15) is 9.90 Å². The van der Waals surface area contributed by atoms with Crippen molar-refractivity contribution < 1.29 is 9.67 Å². The summed E-state index contributed by atoms with van der Waals surface area (Å²) in [5.41, 5.74) is 0.429. The second kappa shape index (κ2) is 2.58. The van der Waals surface area contributed by atoms with Crippen molar-refractivity contribution in [2.24, 2.45) is 7.05 Å². The summed E-state index contributed by atoms with van der Waals surface area (Å²) in [6.07, 6.45) is 1.66. The Morgan fingerprint density at radius 2 is 2.23 bits per heavy atom. The summed E-state index contributed by atoms with van der Waals surface area (Å²) in [5, 5.41) is 9.35. The van der Waals surface area contributed by atoms with Crippen LogP contribution in [0.2, 0.25) is 0 Å². The number of aromatic nitrogens is 2. The normalized spacial score (nSPS) is 10.5. The van der Waals surface area contributed by atoms with Crippen LogP contribution in [0.5, 0.6) is 5.88 Å². The molecule has 0 fully saturated rings. The monoisotopic (exact) mass is 177 g/mol. The number of aromatic hydroxyl groups is 1. The summed E-state index contributed by atoms with van der Waals surface area (Å²) in [7, 11) is 1.70. The predicted octanol–water partition coefficient (Wildman–Crippen LogP) is -0.170. The Kier molecular flexibility index (Phi) is 1.55. The number of aryl methyl sites for hydroxylation is 1. The van der Waals surface area contributed by atoms with Crippen LogP contribution in [-0.4, -0.2) is 9.51 Å². The van der Waals surface area contributed by atoms with Gasteiger partial charge < -0.3 is 5.11 Å². The number of hydrogen-bond donors (Lipinski definition) is 1. The lowest BCUT2D eigenvalue weighted by Gasteiger charge is -1.98. The van der Waals surface area contributed by atoms with Crippen LogP contribution in [0, 0.1) is 0 Å². The van der Waals surface area contributed by atoms with E-state index in [1.807, 2.05) is 6.07 Å². The molecule has 66 valence electrons. The Morgan fingerprint density at radius 3 is 3.00 bits per heavy atom. The van der Waals surface area contributed by atoms with Crippen LogP contribution >= 0.6 is 0 Å². The van der Waals surface area contributed by atoms with E-state index in [1.165, 1.54) is 10.5 Å². The lowest BCUT2D eigenvalue weighted by atomic mass is 10.4. The van der Waals surface area contributed by atoms with E-state index in [0.29, 0.717) is 5.65 Å². The third kappa shape index (κ3) is 1.07. The van der Waals surface area contributed by atoms with Gasteiger partial charge in [0.15, 0.2) is 0 Å². The van der Waals surface area contributed by atoms with Crippen molar-refractivity contribution in [3.63, 3.8) is 0 Å². The van der Waals surface area contributed by atoms with Crippen LogP contribution < -0.4 is 10.1 Å². The number of nitrogens with zero attached hydrogens (tertiary/aromatic N) is 2. The summed E-state index contributed by atoms with van der Waals surface area (Å²) >= 11 is 0.